The third-order valence-electron chi connectivity index (χ3n) is 5.54. The minimum Gasteiger partial charge on any atom is -0.417 e. The maximum Gasteiger partial charge on any atom is 0.191 e. The van der Waals surface area contributed by atoms with Crippen molar-refractivity contribution in [2.24, 2.45) is 5.92 Å². The largest absolute Gasteiger partial charge is 0.417 e. The molecule has 2 unspecified atom stereocenters. The molecule has 2 saturated heterocycles. The molecule has 2 aliphatic heterocycles. The zero-order chi connectivity index (χ0) is 16.4. The maximum atomic E-state index is 12.4. The standard InChI is InChI=1S/C17H33NO3Si/c1-17(2,3)22(4,5)21-8-6-7-16(19)13-9-14-11-20-12-15(10-13)18-14/h13-15,18H,6-12H2,1-5H3. The van der Waals surface area contributed by atoms with E-state index in [2.05, 4.69) is 39.2 Å². The summed E-state index contributed by atoms with van der Waals surface area (Å²) in [5, 5.41) is 3.78. The van der Waals surface area contributed by atoms with Crippen LogP contribution in [0.4, 0.5) is 0 Å². The Morgan fingerprint density at radius 2 is 1.82 bits per heavy atom. The molecule has 2 bridgehead atoms. The number of ketones is 1. The third kappa shape index (κ3) is 4.63. The van der Waals surface area contributed by atoms with Crippen LogP contribution >= 0.6 is 0 Å². The number of carbonyl (C=O) groups is 1. The molecule has 2 fully saturated rings. The zero-order valence-corrected chi connectivity index (χ0v) is 15.9. The average molecular weight is 328 g/mol. The predicted octanol–water partition coefficient (Wildman–Crippen LogP) is 3.12. The highest BCUT2D eigenvalue weighted by molar-refractivity contribution is 6.74. The van der Waals surface area contributed by atoms with Crippen molar-refractivity contribution in [3.63, 3.8) is 0 Å². The van der Waals surface area contributed by atoms with E-state index < -0.39 is 8.32 Å². The van der Waals surface area contributed by atoms with Gasteiger partial charge in [0.2, 0.25) is 0 Å². The molecule has 22 heavy (non-hydrogen) atoms. The van der Waals surface area contributed by atoms with E-state index >= 15 is 0 Å². The van der Waals surface area contributed by atoms with Crippen molar-refractivity contribution in [1.29, 1.82) is 0 Å². The minimum absolute atomic E-state index is 0.230. The topological polar surface area (TPSA) is 47.6 Å². The first-order valence-electron chi connectivity index (χ1n) is 8.69. The van der Waals surface area contributed by atoms with Crippen molar-refractivity contribution in [3.05, 3.63) is 0 Å². The van der Waals surface area contributed by atoms with Crippen molar-refractivity contribution in [1.82, 2.24) is 5.32 Å². The van der Waals surface area contributed by atoms with Gasteiger partial charge in [-0.3, -0.25) is 4.79 Å². The van der Waals surface area contributed by atoms with Gasteiger partial charge in [0, 0.05) is 31.0 Å². The normalized spacial score (nSPS) is 29.4. The molecule has 0 radical (unpaired) electrons. The van der Waals surface area contributed by atoms with E-state index in [1.807, 2.05) is 0 Å². The Morgan fingerprint density at radius 3 is 2.36 bits per heavy atom. The smallest absolute Gasteiger partial charge is 0.191 e. The molecule has 0 saturated carbocycles. The molecule has 0 aliphatic carbocycles. The average Bonchev–Trinajstić information content (AvgIpc) is 2.41. The van der Waals surface area contributed by atoms with Gasteiger partial charge >= 0.3 is 0 Å². The fourth-order valence-electron chi connectivity index (χ4n) is 3.09. The lowest BCUT2D eigenvalue weighted by molar-refractivity contribution is -0.126. The second-order valence-corrected chi connectivity index (χ2v) is 13.3. The molecule has 5 heteroatoms. The van der Waals surface area contributed by atoms with Gasteiger partial charge in [-0.05, 0) is 37.4 Å². The summed E-state index contributed by atoms with van der Waals surface area (Å²) < 4.78 is 11.7. The number of fused-ring (bicyclic) bond motifs is 2. The zero-order valence-electron chi connectivity index (χ0n) is 14.9. The van der Waals surface area contributed by atoms with Gasteiger partial charge in [0.25, 0.3) is 0 Å². The van der Waals surface area contributed by atoms with Crippen LogP contribution in [0.25, 0.3) is 0 Å². The second-order valence-electron chi connectivity index (χ2n) is 8.44. The number of piperidine rings is 1. The number of hydrogen-bond donors (Lipinski definition) is 1. The summed E-state index contributed by atoms with van der Waals surface area (Å²) in [5.74, 6) is 0.658. The molecule has 0 amide bonds. The summed E-state index contributed by atoms with van der Waals surface area (Å²) in [5.41, 5.74) is 0. The monoisotopic (exact) mass is 327 g/mol. The van der Waals surface area contributed by atoms with Crippen molar-refractivity contribution >= 4 is 14.1 Å². The molecule has 128 valence electrons. The summed E-state index contributed by atoms with van der Waals surface area (Å²) >= 11 is 0. The van der Waals surface area contributed by atoms with E-state index in [0.717, 1.165) is 39.1 Å². The van der Waals surface area contributed by atoms with Gasteiger partial charge in [0.1, 0.15) is 5.78 Å². The van der Waals surface area contributed by atoms with Crippen LogP contribution in [0, 0.1) is 5.92 Å². The van der Waals surface area contributed by atoms with Crippen molar-refractivity contribution in [2.75, 3.05) is 19.8 Å². The van der Waals surface area contributed by atoms with E-state index in [0.29, 0.717) is 24.3 Å². The van der Waals surface area contributed by atoms with E-state index in [1.165, 1.54) is 0 Å². The van der Waals surface area contributed by atoms with Crippen LogP contribution in [0.1, 0.15) is 46.5 Å². The Bertz CT molecular complexity index is 380. The molecule has 2 aliphatic rings. The van der Waals surface area contributed by atoms with Gasteiger partial charge in [0.15, 0.2) is 8.32 Å². The first-order chi connectivity index (χ1) is 10.2. The molecule has 0 spiro atoms. The number of ether oxygens (including phenoxy) is 1. The van der Waals surface area contributed by atoms with Gasteiger partial charge < -0.3 is 14.5 Å². The first kappa shape index (κ1) is 18.1. The molecular weight excluding hydrogens is 294 g/mol. The van der Waals surface area contributed by atoms with Crippen LogP contribution in [0.15, 0.2) is 0 Å². The van der Waals surface area contributed by atoms with Gasteiger partial charge in [-0.1, -0.05) is 20.8 Å². The molecule has 0 aromatic carbocycles. The van der Waals surface area contributed by atoms with E-state index in [9.17, 15) is 4.79 Å². The molecule has 0 aromatic rings. The molecule has 2 atom stereocenters. The summed E-state index contributed by atoms with van der Waals surface area (Å²) in [6.07, 6.45) is 3.41. The highest BCUT2D eigenvalue weighted by atomic mass is 28.4. The lowest BCUT2D eigenvalue weighted by Crippen LogP contribution is -2.55. The van der Waals surface area contributed by atoms with Crippen LogP contribution in [0.2, 0.25) is 18.1 Å². The first-order valence-corrected chi connectivity index (χ1v) is 11.6. The fraction of sp³-hybridized carbons (Fsp3) is 0.941. The Hall–Kier alpha value is -0.233. The van der Waals surface area contributed by atoms with Crippen LogP contribution < -0.4 is 5.32 Å². The van der Waals surface area contributed by atoms with E-state index in [4.69, 9.17) is 9.16 Å². The van der Waals surface area contributed by atoms with Gasteiger partial charge in [-0.2, -0.15) is 0 Å². The van der Waals surface area contributed by atoms with E-state index in [1.54, 1.807) is 0 Å². The SMILES string of the molecule is CC(C)(C)[Si](C)(C)OCCCC(=O)C1CC2COCC(C1)N2. The summed E-state index contributed by atoms with van der Waals surface area (Å²) in [6, 6.07) is 0.759. The number of hydrogen-bond acceptors (Lipinski definition) is 4. The van der Waals surface area contributed by atoms with Gasteiger partial charge in [-0.25, -0.2) is 0 Å². The molecule has 2 rings (SSSR count). The number of morpholine rings is 1. The summed E-state index contributed by atoms with van der Waals surface area (Å²) in [4.78, 5) is 12.4. The number of nitrogens with one attached hydrogen (secondary N) is 1. The minimum atomic E-state index is -1.67. The number of Topliss-reactive ketones (excluding diaryl/α,β-unsaturated/α-hetero) is 1. The molecule has 4 nitrogen and oxygen atoms in total. The Morgan fingerprint density at radius 1 is 1.23 bits per heavy atom. The van der Waals surface area contributed by atoms with Crippen LogP contribution in [0.5, 0.6) is 0 Å². The fourth-order valence-corrected chi connectivity index (χ4v) is 4.18. The quantitative estimate of drug-likeness (QED) is 0.601. The van der Waals surface area contributed by atoms with Crippen molar-refractivity contribution < 1.29 is 14.0 Å². The summed E-state index contributed by atoms with van der Waals surface area (Å²) in [7, 11) is -1.67. The molecule has 2 heterocycles. The van der Waals surface area contributed by atoms with Gasteiger partial charge in [0.05, 0.1) is 13.2 Å². The molecular formula is C17H33NO3Si. The lowest BCUT2D eigenvalue weighted by atomic mass is 9.83. The lowest BCUT2D eigenvalue weighted by Gasteiger charge is -2.39. The Balaban J connectivity index is 1.70. The van der Waals surface area contributed by atoms with Crippen molar-refractivity contribution in [2.45, 2.75) is 76.7 Å². The van der Waals surface area contributed by atoms with E-state index in [-0.39, 0.29) is 11.0 Å². The molecule has 1 N–H and O–H groups in total. The number of carbonyl (C=O) groups excluding carboxylic acids is 1. The van der Waals surface area contributed by atoms with Crippen LogP contribution in [0.3, 0.4) is 0 Å². The van der Waals surface area contributed by atoms with Crippen LogP contribution in [-0.2, 0) is 14.0 Å². The second kappa shape index (κ2) is 7.12. The predicted molar refractivity (Wildman–Crippen MR) is 91.6 cm³/mol. The highest BCUT2D eigenvalue weighted by Gasteiger charge is 2.37. The molecule has 0 aromatic heterocycles. The van der Waals surface area contributed by atoms with Gasteiger partial charge in [-0.15, -0.1) is 0 Å². The maximum absolute atomic E-state index is 12.4. The number of rotatable bonds is 6. The summed E-state index contributed by atoms with van der Waals surface area (Å²) in [6.45, 7) is 13.5. The third-order valence-corrected chi connectivity index (χ3v) is 10.1. The van der Waals surface area contributed by atoms with Crippen molar-refractivity contribution in [3.8, 4) is 0 Å². The van der Waals surface area contributed by atoms with Crippen LogP contribution in [-0.4, -0.2) is 46.0 Å². The Kier molecular flexibility index (Phi) is 5.86. The Labute approximate surface area is 136 Å². The highest BCUT2D eigenvalue weighted by Crippen LogP contribution is 2.36.